The summed E-state index contributed by atoms with van der Waals surface area (Å²) in [6, 6.07) is 0. The number of halogens is 3. The Kier molecular flexibility index (Phi) is 3.17. The molecule has 0 spiro atoms. The summed E-state index contributed by atoms with van der Waals surface area (Å²) in [5.74, 6) is 0. The van der Waals surface area contributed by atoms with Crippen LogP contribution >= 0.6 is 12.6 Å². The average molecular weight is 214 g/mol. The van der Waals surface area contributed by atoms with Gasteiger partial charge in [-0.2, -0.15) is 13.2 Å². The Hall–Kier alpha value is 0.100. The van der Waals surface area contributed by atoms with E-state index in [4.69, 9.17) is 4.74 Å². The van der Waals surface area contributed by atoms with Crippen molar-refractivity contribution in [1.82, 2.24) is 0 Å². The Morgan fingerprint density at radius 2 is 2.00 bits per heavy atom. The molecule has 0 radical (unpaired) electrons. The highest BCUT2D eigenvalue weighted by molar-refractivity contribution is 7.80. The predicted molar refractivity (Wildman–Crippen MR) is 46.7 cm³/mol. The molecule has 13 heavy (non-hydrogen) atoms. The maximum Gasteiger partial charge on any atom is 0.394 e. The number of alkyl halides is 3. The molecule has 1 aliphatic rings. The van der Waals surface area contributed by atoms with Gasteiger partial charge in [0.1, 0.15) is 0 Å². The third kappa shape index (κ3) is 2.77. The monoisotopic (exact) mass is 214 g/mol. The Balaban J connectivity index is 2.29. The summed E-state index contributed by atoms with van der Waals surface area (Å²) in [6.45, 7) is 1.83. The summed E-state index contributed by atoms with van der Waals surface area (Å²) in [5.41, 5.74) is -1.72. The van der Waals surface area contributed by atoms with Gasteiger partial charge in [0, 0.05) is 6.61 Å². The topological polar surface area (TPSA) is 9.23 Å². The lowest BCUT2D eigenvalue weighted by Crippen LogP contribution is -2.26. The smallest absolute Gasteiger partial charge is 0.368 e. The number of hydrogen-bond acceptors (Lipinski definition) is 2. The molecule has 0 heterocycles. The fraction of sp³-hybridized carbons (Fsp3) is 1.00. The highest BCUT2D eigenvalue weighted by Crippen LogP contribution is 2.59. The molecule has 0 bridgehead atoms. The van der Waals surface area contributed by atoms with E-state index in [2.05, 4.69) is 12.6 Å². The van der Waals surface area contributed by atoms with Crippen LogP contribution in [0.2, 0.25) is 0 Å². The van der Waals surface area contributed by atoms with E-state index in [9.17, 15) is 13.2 Å². The van der Waals surface area contributed by atoms with E-state index >= 15 is 0 Å². The fourth-order valence-electron chi connectivity index (χ4n) is 1.25. The molecular formula is C8H13F3OS. The summed E-state index contributed by atoms with van der Waals surface area (Å²) in [6.07, 6.45) is -3.49. The predicted octanol–water partition coefficient (Wildman–Crippen LogP) is 3.01. The SMILES string of the molecule is C[C@H](S)OCCC1(C(F)(F)F)CC1. The van der Waals surface area contributed by atoms with Gasteiger partial charge in [0.15, 0.2) is 0 Å². The van der Waals surface area contributed by atoms with Crippen molar-refractivity contribution in [3.63, 3.8) is 0 Å². The van der Waals surface area contributed by atoms with Crippen molar-refractivity contribution in [1.29, 1.82) is 0 Å². The van der Waals surface area contributed by atoms with E-state index in [-0.39, 0.29) is 31.3 Å². The van der Waals surface area contributed by atoms with Crippen molar-refractivity contribution < 1.29 is 17.9 Å². The highest BCUT2D eigenvalue weighted by Gasteiger charge is 2.62. The minimum absolute atomic E-state index is 0.0708. The Morgan fingerprint density at radius 1 is 1.46 bits per heavy atom. The first kappa shape index (κ1) is 11.2. The number of hydrogen-bond donors (Lipinski definition) is 1. The van der Waals surface area contributed by atoms with Gasteiger partial charge in [-0.05, 0) is 26.2 Å². The molecule has 0 saturated heterocycles. The molecule has 1 aliphatic carbocycles. The second-order valence-electron chi connectivity index (χ2n) is 3.50. The normalized spacial score (nSPS) is 22.8. The van der Waals surface area contributed by atoms with Crippen LogP contribution in [0.4, 0.5) is 13.2 Å². The quantitative estimate of drug-likeness (QED) is 0.559. The minimum atomic E-state index is -4.06. The first-order chi connectivity index (χ1) is 5.87. The van der Waals surface area contributed by atoms with Crippen LogP contribution in [0, 0.1) is 5.41 Å². The van der Waals surface area contributed by atoms with E-state index < -0.39 is 11.6 Å². The lowest BCUT2D eigenvalue weighted by molar-refractivity contribution is -0.192. The maximum atomic E-state index is 12.3. The van der Waals surface area contributed by atoms with Crippen molar-refractivity contribution in [2.75, 3.05) is 6.61 Å². The van der Waals surface area contributed by atoms with Crippen LogP contribution in [0.5, 0.6) is 0 Å². The standard InChI is InChI=1S/C8H13F3OS/c1-6(13)12-5-4-7(2-3-7)8(9,10)11/h6,13H,2-5H2,1H3/t6-/m0/s1. The molecule has 0 unspecified atom stereocenters. The molecule has 0 aliphatic heterocycles. The van der Waals surface area contributed by atoms with Gasteiger partial charge in [-0.15, -0.1) is 12.6 Å². The first-order valence-electron chi connectivity index (χ1n) is 4.24. The van der Waals surface area contributed by atoms with Gasteiger partial charge in [-0.3, -0.25) is 0 Å². The summed E-state index contributed by atoms with van der Waals surface area (Å²) >= 11 is 3.92. The van der Waals surface area contributed by atoms with E-state index in [0.717, 1.165) is 0 Å². The van der Waals surface area contributed by atoms with Crippen LogP contribution in [0.3, 0.4) is 0 Å². The van der Waals surface area contributed by atoms with Gasteiger partial charge in [0.25, 0.3) is 0 Å². The zero-order valence-electron chi connectivity index (χ0n) is 7.40. The van der Waals surface area contributed by atoms with Crippen molar-refractivity contribution >= 4 is 12.6 Å². The molecule has 0 aromatic heterocycles. The number of thiol groups is 1. The molecule has 1 rings (SSSR count). The molecule has 1 atom stereocenters. The molecule has 1 nitrogen and oxygen atoms in total. The van der Waals surface area contributed by atoms with Gasteiger partial charge < -0.3 is 4.74 Å². The van der Waals surface area contributed by atoms with Gasteiger partial charge in [0.05, 0.1) is 10.9 Å². The van der Waals surface area contributed by atoms with Crippen LogP contribution in [-0.2, 0) is 4.74 Å². The zero-order chi connectivity index (χ0) is 10.1. The van der Waals surface area contributed by atoms with E-state index in [1.807, 2.05) is 0 Å². The summed E-state index contributed by atoms with van der Waals surface area (Å²) in [5, 5.41) is 0. The summed E-state index contributed by atoms with van der Waals surface area (Å²) in [4.78, 5) is 0. The molecule has 0 aromatic carbocycles. The van der Waals surface area contributed by atoms with E-state index in [1.54, 1.807) is 6.92 Å². The minimum Gasteiger partial charge on any atom is -0.368 e. The second-order valence-corrected chi connectivity index (χ2v) is 4.23. The lowest BCUT2D eigenvalue weighted by atomic mass is 10.0. The largest absolute Gasteiger partial charge is 0.394 e. The van der Waals surface area contributed by atoms with Gasteiger partial charge in [0.2, 0.25) is 0 Å². The van der Waals surface area contributed by atoms with Crippen molar-refractivity contribution in [2.45, 2.75) is 37.8 Å². The van der Waals surface area contributed by atoms with E-state index in [0.29, 0.717) is 0 Å². The maximum absolute atomic E-state index is 12.3. The molecular weight excluding hydrogens is 201 g/mol. The van der Waals surface area contributed by atoms with Crippen LogP contribution in [0.25, 0.3) is 0 Å². The molecule has 1 saturated carbocycles. The van der Waals surface area contributed by atoms with Crippen molar-refractivity contribution in [2.24, 2.45) is 5.41 Å². The lowest BCUT2D eigenvalue weighted by Gasteiger charge is -2.19. The number of rotatable bonds is 4. The third-order valence-corrected chi connectivity index (χ3v) is 2.54. The third-order valence-electron chi connectivity index (χ3n) is 2.39. The Morgan fingerprint density at radius 3 is 2.31 bits per heavy atom. The number of ether oxygens (including phenoxy) is 1. The molecule has 5 heteroatoms. The fourth-order valence-corrected chi connectivity index (χ4v) is 1.36. The molecule has 78 valence electrons. The second kappa shape index (κ2) is 3.69. The van der Waals surface area contributed by atoms with Gasteiger partial charge >= 0.3 is 6.18 Å². The highest BCUT2D eigenvalue weighted by atomic mass is 32.1. The van der Waals surface area contributed by atoms with Crippen LogP contribution in [0.1, 0.15) is 26.2 Å². The summed E-state index contributed by atoms with van der Waals surface area (Å²) < 4.78 is 42.0. The van der Waals surface area contributed by atoms with Crippen LogP contribution < -0.4 is 0 Å². The van der Waals surface area contributed by atoms with Crippen LogP contribution in [-0.4, -0.2) is 18.2 Å². The zero-order valence-corrected chi connectivity index (χ0v) is 8.29. The molecule has 1 fully saturated rings. The van der Waals surface area contributed by atoms with Crippen molar-refractivity contribution in [3.05, 3.63) is 0 Å². The summed E-state index contributed by atoms with van der Waals surface area (Å²) in [7, 11) is 0. The van der Waals surface area contributed by atoms with Crippen LogP contribution in [0.15, 0.2) is 0 Å². The first-order valence-corrected chi connectivity index (χ1v) is 4.75. The molecule has 0 aromatic rings. The molecule has 0 amide bonds. The van der Waals surface area contributed by atoms with Crippen molar-refractivity contribution in [3.8, 4) is 0 Å². The average Bonchev–Trinajstić information content (AvgIpc) is 2.65. The van der Waals surface area contributed by atoms with E-state index in [1.165, 1.54) is 0 Å². The Bertz CT molecular complexity index is 175. The molecule has 0 N–H and O–H groups in total. The van der Waals surface area contributed by atoms with Gasteiger partial charge in [-0.1, -0.05) is 0 Å². The van der Waals surface area contributed by atoms with Gasteiger partial charge in [-0.25, -0.2) is 0 Å². The Labute approximate surface area is 81.1 Å².